The molecule has 0 aromatic heterocycles. The van der Waals surface area contributed by atoms with E-state index in [9.17, 15) is 9.59 Å². The first-order chi connectivity index (χ1) is 14.1. The number of carbonyl (C=O) groups is 2. The summed E-state index contributed by atoms with van der Waals surface area (Å²) in [7, 11) is 0. The van der Waals surface area contributed by atoms with Crippen LogP contribution in [0.3, 0.4) is 0 Å². The summed E-state index contributed by atoms with van der Waals surface area (Å²) in [6, 6.07) is 25.2. The third kappa shape index (κ3) is 4.06. The van der Waals surface area contributed by atoms with Crippen LogP contribution in [0.25, 0.3) is 0 Å². The number of rotatable bonds is 5. The van der Waals surface area contributed by atoms with E-state index in [1.54, 1.807) is 17.9 Å². The van der Waals surface area contributed by atoms with E-state index in [1.165, 1.54) is 0 Å². The van der Waals surface area contributed by atoms with E-state index in [2.05, 4.69) is 0 Å². The Labute approximate surface area is 170 Å². The minimum absolute atomic E-state index is 0.191. The van der Waals surface area contributed by atoms with Crippen molar-refractivity contribution < 1.29 is 14.3 Å². The molecule has 0 aliphatic carbocycles. The number of para-hydroxylation sites is 1. The second-order valence-corrected chi connectivity index (χ2v) is 7.24. The zero-order valence-electron chi connectivity index (χ0n) is 16.4. The molecule has 0 radical (unpaired) electrons. The number of nitrogens with zero attached hydrogens (tertiary/aromatic N) is 1. The van der Waals surface area contributed by atoms with Crippen LogP contribution < -0.4 is 4.90 Å². The van der Waals surface area contributed by atoms with Crippen molar-refractivity contribution in [2.45, 2.75) is 25.9 Å². The molecule has 0 N–H and O–H groups in total. The Kier molecular flexibility index (Phi) is 5.43. The van der Waals surface area contributed by atoms with Gasteiger partial charge in [0.05, 0.1) is 5.56 Å². The molecule has 1 amide bonds. The summed E-state index contributed by atoms with van der Waals surface area (Å²) >= 11 is 0. The van der Waals surface area contributed by atoms with Gasteiger partial charge in [-0.2, -0.15) is 0 Å². The van der Waals surface area contributed by atoms with Gasteiger partial charge in [0.2, 0.25) is 0 Å². The number of hydrogen-bond donors (Lipinski definition) is 0. The molecule has 0 bridgehead atoms. The lowest BCUT2D eigenvalue weighted by Crippen LogP contribution is -2.39. The molecule has 3 aromatic carbocycles. The highest BCUT2D eigenvalue weighted by Crippen LogP contribution is 2.28. The summed E-state index contributed by atoms with van der Waals surface area (Å²) in [6.45, 7) is 2.26. The third-order valence-corrected chi connectivity index (χ3v) is 5.26. The summed E-state index contributed by atoms with van der Waals surface area (Å²) in [6.07, 6.45) is 0.606. The van der Waals surface area contributed by atoms with Crippen molar-refractivity contribution in [3.05, 3.63) is 101 Å². The van der Waals surface area contributed by atoms with Crippen molar-refractivity contribution in [1.29, 1.82) is 0 Å². The number of anilines is 1. The second kappa shape index (κ2) is 8.31. The van der Waals surface area contributed by atoms with Crippen molar-refractivity contribution in [3.8, 4) is 0 Å². The smallest absolute Gasteiger partial charge is 0.339 e. The van der Waals surface area contributed by atoms with Gasteiger partial charge in [-0.3, -0.25) is 4.79 Å². The Hall–Kier alpha value is -3.40. The summed E-state index contributed by atoms with van der Waals surface area (Å²) in [4.78, 5) is 27.4. The van der Waals surface area contributed by atoms with Crippen LogP contribution in [0, 0.1) is 0 Å². The Morgan fingerprint density at radius 3 is 2.45 bits per heavy atom. The van der Waals surface area contributed by atoms with Gasteiger partial charge < -0.3 is 9.64 Å². The zero-order valence-corrected chi connectivity index (χ0v) is 16.4. The molecule has 0 fully saturated rings. The van der Waals surface area contributed by atoms with Crippen molar-refractivity contribution in [2.75, 3.05) is 11.4 Å². The highest BCUT2D eigenvalue weighted by molar-refractivity contribution is 6.00. The number of carbonyl (C=O) groups excluding carboxylic acids is 2. The lowest BCUT2D eigenvalue weighted by Gasteiger charge is -2.22. The summed E-state index contributed by atoms with van der Waals surface area (Å²) in [5.41, 5.74) is 4.55. The summed E-state index contributed by atoms with van der Waals surface area (Å²) in [5.74, 6) is -0.659. The molecule has 146 valence electrons. The Morgan fingerprint density at radius 2 is 1.62 bits per heavy atom. The Bertz CT molecular complexity index is 1030. The van der Waals surface area contributed by atoms with Gasteiger partial charge in [-0.15, -0.1) is 0 Å². The molecular formula is C25H23NO3. The molecule has 0 saturated heterocycles. The molecule has 0 saturated carbocycles. The van der Waals surface area contributed by atoms with Gasteiger partial charge in [-0.05, 0) is 48.6 Å². The maximum atomic E-state index is 12.9. The topological polar surface area (TPSA) is 46.6 Å². The Morgan fingerprint density at radius 1 is 0.931 bits per heavy atom. The predicted molar refractivity (Wildman–Crippen MR) is 113 cm³/mol. The normalized spacial score (nSPS) is 13.6. The van der Waals surface area contributed by atoms with Gasteiger partial charge in [0.15, 0.2) is 6.10 Å². The first-order valence-corrected chi connectivity index (χ1v) is 9.85. The van der Waals surface area contributed by atoms with E-state index in [-0.39, 0.29) is 5.91 Å². The second-order valence-electron chi connectivity index (χ2n) is 7.24. The molecule has 4 rings (SSSR count). The number of benzene rings is 3. The van der Waals surface area contributed by atoms with Crippen LogP contribution in [0.5, 0.6) is 0 Å². The molecule has 1 aliphatic rings. The van der Waals surface area contributed by atoms with Crippen LogP contribution in [0.15, 0.2) is 78.9 Å². The molecule has 4 heteroatoms. The molecule has 0 spiro atoms. The third-order valence-electron chi connectivity index (χ3n) is 5.26. The van der Waals surface area contributed by atoms with Gasteiger partial charge in [-0.25, -0.2) is 4.79 Å². The Balaban J connectivity index is 1.48. The van der Waals surface area contributed by atoms with Crippen LogP contribution in [0.1, 0.15) is 34.0 Å². The summed E-state index contributed by atoms with van der Waals surface area (Å²) in [5, 5.41) is 0. The maximum Gasteiger partial charge on any atom is 0.339 e. The minimum Gasteiger partial charge on any atom is -0.449 e. The minimum atomic E-state index is -0.849. The number of ether oxygens (including phenoxy) is 1. The first-order valence-electron chi connectivity index (χ1n) is 9.85. The average Bonchev–Trinajstić information content (AvgIpc) is 3.18. The van der Waals surface area contributed by atoms with Crippen molar-refractivity contribution in [3.63, 3.8) is 0 Å². The number of esters is 1. The van der Waals surface area contributed by atoms with Crippen LogP contribution in [0.2, 0.25) is 0 Å². The fraction of sp³-hybridized carbons (Fsp3) is 0.200. The van der Waals surface area contributed by atoms with E-state index in [0.717, 1.165) is 28.8 Å². The van der Waals surface area contributed by atoms with Crippen LogP contribution in [0.4, 0.5) is 5.69 Å². The number of amides is 1. The first kappa shape index (κ1) is 18.9. The number of fused-ring (bicyclic) bond motifs is 1. The maximum absolute atomic E-state index is 12.9. The molecular weight excluding hydrogens is 362 g/mol. The zero-order chi connectivity index (χ0) is 20.2. The molecule has 4 nitrogen and oxygen atoms in total. The lowest BCUT2D eigenvalue weighted by molar-refractivity contribution is -0.126. The van der Waals surface area contributed by atoms with Gasteiger partial charge in [0.25, 0.3) is 5.91 Å². The standard InChI is InChI=1S/C25H23NO3/c1-18(24(27)26-16-15-20-11-6-8-14-23(20)26)29-25(28)22-13-7-5-12-21(22)17-19-9-3-2-4-10-19/h2-14,18H,15-17H2,1H3/t18-/m1/s1. The predicted octanol–water partition coefficient (Wildman–Crippen LogP) is 4.41. The van der Waals surface area contributed by atoms with E-state index < -0.39 is 12.1 Å². The van der Waals surface area contributed by atoms with Gasteiger partial charge in [-0.1, -0.05) is 66.7 Å². The fourth-order valence-corrected chi connectivity index (χ4v) is 3.75. The molecule has 1 heterocycles. The summed E-state index contributed by atoms with van der Waals surface area (Å²) < 4.78 is 5.57. The van der Waals surface area contributed by atoms with Gasteiger partial charge in [0, 0.05) is 12.2 Å². The molecule has 3 aromatic rings. The molecule has 0 unspecified atom stereocenters. The molecule has 29 heavy (non-hydrogen) atoms. The van der Waals surface area contributed by atoms with Crippen LogP contribution in [-0.2, 0) is 22.4 Å². The van der Waals surface area contributed by atoms with Crippen molar-refractivity contribution in [2.24, 2.45) is 0 Å². The van der Waals surface area contributed by atoms with E-state index in [4.69, 9.17) is 4.74 Å². The van der Waals surface area contributed by atoms with E-state index in [0.29, 0.717) is 18.5 Å². The highest BCUT2D eigenvalue weighted by atomic mass is 16.5. The van der Waals surface area contributed by atoms with Crippen molar-refractivity contribution in [1.82, 2.24) is 0 Å². The van der Waals surface area contributed by atoms with Crippen LogP contribution in [-0.4, -0.2) is 24.5 Å². The quantitative estimate of drug-likeness (QED) is 0.611. The van der Waals surface area contributed by atoms with E-state index in [1.807, 2.05) is 72.8 Å². The largest absolute Gasteiger partial charge is 0.449 e. The lowest BCUT2D eigenvalue weighted by atomic mass is 10.00. The highest BCUT2D eigenvalue weighted by Gasteiger charge is 2.30. The SMILES string of the molecule is C[C@@H](OC(=O)c1ccccc1Cc1ccccc1)C(=O)N1CCc2ccccc21. The monoisotopic (exact) mass is 385 g/mol. The number of hydrogen-bond acceptors (Lipinski definition) is 3. The van der Waals surface area contributed by atoms with Gasteiger partial charge >= 0.3 is 5.97 Å². The fourth-order valence-electron chi connectivity index (χ4n) is 3.75. The van der Waals surface area contributed by atoms with E-state index >= 15 is 0 Å². The molecule has 1 aliphatic heterocycles. The average molecular weight is 385 g/mol. The van der Waals surface area contributed by atoms with Gasteiger partial charge in [0.1, 0.15) is 0 Å². The van der Waals surface area contributed by atoms with Crippen LogP contribution >= 0.6 is 0 Å². The van der Waals surface area contributed by atoms with Crippen molar-refractivity contribution >= 4 is 17.6 Å². The molecule has 1 atom stereocenters.